The van der Waals surface area contributed by atoms with Crippen LogP contribution in [0.2, 0.25) is 0 Å². The van der Waals surface area contributed by atoms with E-state index in [-0.39, 0.29) is 24.0 Å². The Labute approximate surface area is 162 Å². The number of guanidine groups is 1. The Bertz CT molecular complexity index is 539. The number of hydrogen-bond donors (Lipinski definition) is 2. The van der Waals surface area contributed by atoms with Gasteiger partial charge >= 0.3 is 0 Å². The van der Waals surface area contributed by atoms with E-state index in [1.807, 2.05) is 10.9 Å². The van der Waals surface area contributed by atoms with E-state index < -0.39 is 0 Å². The van der Waals surface area contributed by atoms with Gasteiger partial charge in [-0.1, -0.05) is 0 Å². The summed E-state index contributed by atoms with van der Waals surface area (Å²) >= 11 is 0. The van der Waals surface area contributed by atoms with Gasteiger partial charge in [0.05, 0.1) is 19.3 Å². The molecule has 2 N–H and O–H groups in total. The smallest absolute Gasteiger partial charge is 0.191 e. The van der Waals surface area contributed by atoms with Crippen LogP contribution in [0, 0.1) is 6.92 Å². The maximum Gasteiger partial charge on any atom is 0.191 e. The molecule has 2 heterocycles. The van der Waals surface area contributed by atoms with Crippen LogP contribution in [0.4, 0.5) is 0 Å². The highest BCUT2D eigenvalue weighted by molar-refractivity contribution is 14.0. The predicted octanol–water partition coefficient (Wildman–Crippen LogP) is 1.99. The van der Waals surface area contributed by atoms with Crippen LogP contribution in [-0.4, -0.2) is 58.4 Å². The molecule has 0 radical (unpaired) electrons. The van der Waals surface area contributed by atoms with Gasteiger partial charge < -0.3 is 10.6 Å². The number of aliphatic imine (C=N–C) groups is 1. The molecule has 2 atom stereocenters. The summed E-state index contributed by atoms with van der Waals surface area (Å²) in [4.78, 5) is 7.37. The third kappa shape index (κ3) is 5.34. The second kappa shape index (κ2) is 9.03. The van der Waals surface area contributed by atoms with Gasteiger partial charge in [0.15, 0.2) is 5.96 Å². The first kappa shape index (κ1) is 19.5. The number of hydrogen-bond acceptors (Lipinski definition) is 3. The van der Waals surface area contributed by atoms with Gasteiger partial charge in [-0.3, -0.25) is 14.6 Å². The molecule has 136 valence electrons. The zero-order valence-corrected chi connectivity index (χ0v) is 17.4. The summed E-state index contributed by atoms with van der Waals surface area (Å²) in [7, 11) is 0. The molecule has 1 saturated heterocycles. The van der Waals surface area contributed by atoms with Gasteiger partial charge in [-0.05, 0) is 45.6 Å². The van der Waals surface area contributed by atoms with Crippen molar-refractivity contribution >= 4 is 29.9 Å². The van der Waals surface area contributed by atoms with Gasteiger partial charge in [0.2, 0.25) is 0 Å². The summed E-state index contributed by atoms with van der Waals surface area (Å²) in [6, 6.07) is 2.05. The molecule has 0 amide bonds. The minimum absolute atomic E-state index is 0. The largest absolute Gasteiger partial charge is 0.357 e. The van der Waals surface area contributed by atoms with Crippen molar-refractivity contribution in [3.63, 3.8) is 0 Å². The Morgan fingerprint density at radius 1 is 1.42 bits per heavy atom. The van der Waals surface area contributed by atoms with E-state index in [1.54, 1.807) is 0 Å². The third-order valence-electron chi connectivity index (χ3n) is 4.69. The Balaban J connectivity index is 0.00000208. The van der Waals surface area contributed by atoms with Crippen molar-refractivity contribution in [1.29, 1.82) is 0 Å². The van der Waals surface area contributed by atoms with E-state index in [0.29, 0.717) is 12.1 Å². The van der Waals surface area contributed by atoms with Gasteiger partial charge in [-0.2, -0.15) is 5.10 Å². The van der Waals surface area contributed by atoms with Crippen molar-refractivity contribution in [2.45, 2.75) is 64.7 Å². The number of rotatable bonds is 6. The summed E-state index contributed by atoms with van der Waals surface area (Å²) in [6.45, 7) is 10.1. The molecule has 0 aromatic carbocycles. The molecular formula is C17H31IN6. The van der Waals surface area contributed by atoms with Crippen LogP contribution in [0.5, 0.6) is 0 Å². The number of nitrogens with one attached hydrogen (secondary N) is 2. The number of halogens is 1. The molecule has 2 aliphatic rings. The van der Waals surface area contributed by atoms with Crippen LogP contribution < -0.4 is 10.6 Å². The second-order valence-electron chi connectivity index (χ2n) is 6.90. The first-order valence-corrected chi connectivity index (χ1v) is 8.95. The van der Waals surface area contributed by atoms with Gasteiger partial charge in [0.1, 0.15) is 0 Å². The molecule has 6 nitrogen and oxygen atoms in total. The SMILES string of the molecule is CCNC(=NCCn1cc(C)cn1)NC1CC(C)N(C2CC2)C1.I. The molecule has 1 aromatic heterocycles. The van der Waals surface area contributed by atoms with Crippen LogP contribution in [0.3, 0.4) is 0 Å². The van der Waals surface area contributed by atoms with Crippen LogP contribution in [0.25, 0.3) is 0 Å². The monoisotopic (exact) mass is 446 g/mol. The zero-order valence-electron chi connectivity index (χ0n) is 15.0. The summed E-state index contributed by atoms with van der Waals surface area (Å²) in [5, 5.41) is 11.3. The maximum absolute atomic E-state index is 4.71. The van der Waals surface area contributed by atoms with Crippen LogP contribution in [-0.2, 0) is 6.54 Å². The van der Waals surface area contributed by atoms with Gasteiger partial charge in [0, 0.05) is 37.4 Å². The van der Waals surface area contributed by atoms with Gasteiger partial charge in [-0.15, -0.1) is 24.0 Å². The minimum atomic E-state index is 0. The van der Waals surface area contributed by atoms with Crippen molar-refractivity contribution in [3.05, 3.63) is 18.0 Å². The van der Waals surface area contributed by atoms with E-state index in [4.69, 9.17) is 4.99 Å². The summed E-state index contributed by atoms with van der Waals surface area (Å²) in [6.07, 6.45) is 7.92. The maximum atomic E-state index is 4.71. The standard InChI is InChI=1S/C17H30N6.HI/c1-4-18-17(19-7-8-22-11-13(2)10-20-22)21-15-9-14(3)23(12-15)16-5-6-16;/h10-11,14-16H,4-9,12H2,1-3H3,(H2,18,19,21);1H. The van der Waals surface area contributed by atoms with Crippen LogP contribution in [0.1, 0.15) is 38.7 Å². The molecule has 7 heteroatoms. The highest BCUT2D eigenvalue weighted by Crippen LogP contribution is 2.33. The molecule has 1 aromatic rings. The third-order valence-corrected chi connectivity index (χ3v) is 4.69. The molecule has 24 heavy (non-hydrogen) atoms. The van der Waals surface area contributed by atoms with E-state index in [2.05, 4.69) is 47.6 Å². The lowest BCUT2D eigenvalue weighted by molar-refractivity contribution is 0.256. The van der Waals surface area contributed by atoms with E-state index in [1.165, 1.54) is 24.8 Å². The molecule has 0 bridgehead atoms. The van der Waals surface area contributed by atoms with Gasteiger partial charge in [-0.25, -0.2) is 0 Å². The first-order chi connectivity index (χ1) is 11.2. The lowest BCUT2D eigenvalue weighted by Gasteiger charge is -2.20. The fraction of sp³-hybridized carbons (Fsp3) is 0.765. The van der Waals surface area contributed by atoms with Crippen molar-refractivity contribution in [3.8, 4) is 0 Å². The van der Waals surface area contributed by atoms with Crippen molar-refractivity contribution in [2.75, 3.05) is 19.6 Å². The molecule has 1 aliphatic carbocycles. The summed E-state index contributed by atoms with van der Waals surface area (Å²) in [5.41, 5.74) is 1.19. The molecule has 1 saturated carbocycles. The van der Waals surface area contributed by atoms with E-state index >= 15 is 0 Å². The summed E-state index contributed by atoms with van der Waals surface area (Å²) in [5.74, 6) is 0.936. The average molecular weight is 446 g/mol. The van der Waals surface area contributed by atoms with Crippen LogP contribution in [0.15, 0.2) is 17.4 Å². The zero-order chi connectivity index (χ0) is 16.2. The van der Waals surface area contributed by atoms with Gasteiger partial charge in [0.25, 0.3) is 0 Å². The van der Waals surface area contributed by atoms with Crippen molar-refractivity contribution in [2.24, 2.45) is 4.99 Å². The number of nitrogens with zero attached hydrogens (tertiary/aromatic N) is 4. The average Bonchev–Trinajstić information content (AvgIpc) is 3.17. The lowest BCUT2D eigenvalue weighted by atomic mass is 10.2. The van der Waals surface area contributed by atoms with E-state index in [0.717, 1.165) is 38.2 Å². The molecular weight excluding hydrogens is 415 g/mol. The second-order valence-corrected chi connectivity index (χ2v) is 6.90. The highest BCUT2D eigenvalue weighted by Gasteiger charge is 2.38. The first-order valence-electron chi connectivity index (χ1n) is 8.95. The fourth-order valence-electron chi connectivity index (χ4n) is 3.44. The highest BCUT2D eigenvalue weighted by atomic mass is 127. The minimum Gasteiger partial charge on any atom is -0.357 e. The van der Waals surface area contributed by atoms with Crippen molar-refractivity contribution < 1.29 is 0 Å². The Morgan fingerprint density at radius 2 is 2.21 bits per heavy atom. The Morgan fingerprint density at radius 3 is 2.83 bits per heavy atom. The Kier molecular flexibility index (Phi) is 7.34. The number of aromatic nitrogens is 2. The molecule has 1 aliphatic heterocycles. The summed E-state index contributed by atoms with van der Waals surface area (Å²) < 4.78 is 1.95. The van der Waals surface area contributed by atoms with Crippen LogP contribution >= 0.6 is 24.0 Å². The molecule has 0 spiro atoms. The molecule has 3 rings (SSSR count). The van der Waals surface area contributed by atoms with Crippen molar-refractivity contribution in [1.82, 2.24) is 25.3 Å². The number of likely N-dealkylation sites (tertiary alicyclic amines) is 1. The molecule has 2 unspecified atom stereocenters. The lowest BCUT2D eigenvalue weighted by Crippen LogP contribution is -2.44. The van der Waals surface area contributed by atoms with E-state index in [9.17, 15) is 0 Å². The molecule has 2 fully saturated rings. The predicted molar refractivity (Wildman–Crippen MR) is 109 cm³/mol. The number of aryl methyl sites for hydroxylation is 1. The topological polar surface area (TPSA) is 57.5 Å². The normalized spacial score (nSPS) is 24.7. The Hall–Kier alpha value is -0.830. The fourth-order valence-corrected chi connectivity index (χ4v) is 3.44. The quantitative estimate of drug-likeness (QED) is 0.399.